The van der Waals surface area contributed by atoms with Gasteiger partial charge < -0.3 is 4.74 Å². The Labute approximate surface area is 121 Å². The molecular formula is C15H26ClNO2. The predicted molar refractivity (Wildman–Crippen MR) is 79.0 cm³/mol. The summed E-state index contributed by atoms with van der Waals surface area (Å²) < 4.78 is 5.62. The molecule has 1 aliphatic carbocycles. The summed E-state index contributed by atoms with van der Waals surface area (Å²) in [6.45, 7) is 7.46. The highest BCUT2D eigenvalue weighted by molar-refractivity contribution is 6.27. The molecule has 3 nitrogen and oxygen atoms in total. The Morgan fingerprint density at radius 1 is 1.53 bits per heavy atom. The summed E-state index contributed by atoms with van der Waals surface area (Å²) in [5, 5.41) is 0. The van der Waals surface area contributed by atoms with E-state index in [0.29, 0.717) is 19.3 Å². The van der Waals surface area contributed by atoms with Crippen LogP contribution in [-0.4, -0.2) is 30.0 Å². The number of ether oxygens (including phenoxy) is 1. The summed E-state index contributed by atoms with van der Waals surface area (Å²) in [7, 11) is 0. The van der Waals surface area contributed by atoms with Crippen LogP contribution in [0.1, 0.15) is 52.9 Å². The maximum Gasteiger partial charge on any atom is 0.243 e. The molecular weight excluding hydrogens is 262 g/mol. The molecule has 0 saturated heterocycles. The second-order valence-electron chi connectivity index (χ2n) is 5.31. The van der Waals surface area contributed by atoms with Crippen LogP contribution in [-0.2, 0) is 9.53 Å². The van der Waals surface area contributed by atoms with E-state index in [4.69, 9.17) is 16.3 Å². The van der Waals surface area contributed by atoms with Gasteiger partial charge in [0.05, 0.1) is 0 Å². The van der Waals surface area contributed by atoms with E-state index in [-0.39, 0.29) is 11.8 Å². The van der Waals surface area contributed by atoms with Crippen molar-refractivity contribution in [2.75, 3.05) is 19.2 Å². The van der Waals surface area contributed by atoms with Gasteiger partial charge in [0.15, 0.2) is 0 Å². The van der Waals surface area contributed by atoms with E-state index in [9.17, 15) is 4.79 Å². The van der Waals surface area contributed by atoms with Gasteiger partial charge in [-0.2, -0.15) is 0 Å². The van der Waals surface area contributed by atoms with E-state index in [1.807, 2.05) is 0 Å². The Morgan fingerprint density at radius 2 is 2.26 bits per heavy atom. The lowest BCUT2D eigenvalue weighted by Crippen LogP contribution is -2.37. The van der Waals surface area contributed by atoms with Gasteiger partial charge in [0, 0.05) is 12.3 Å². The van der Waals surface area contributed by atoms with Crippen molar-refractivity contribution < 1.29 is 9.53 Å². The highest BCUT2D eigenvalue weighted by Gasteiger charge is 2.26. The average molecular weight is 288 g/mol. The molecule has 4 heteroatoms. The van der Waals surface area contributed by atoms with Crippen LogP contribution in [0.15, 0.2) is 11.3 Å². The topological polar surface area (TPSA) is 29.5 Å². The minimum atomic E-state index is -0.0544. The Bertz CT molecular complexity index is 328. The first-order valence-corrected chi connectivity index (χ1v) is 7.79. The summed E-state index contributed by atoms with van der Waals surface area (Å²) in [6, 6.07) is 0. The Kier molecular flexibility index (Phi) is 7.47. The van der Waals surface area contributed by atoms with Gasteiger partial charge in [-0.15, -0.1) is 11.6 Å². The molecule has 1 amide bonds. The van der Waals surface area contributed by atoms with E-state index < -0.39 is 0 Å². The summed E-state index contributed by atoms with van der Waals surface area (Å²) in [5.41, 5.74) is 2.43. The fourth-order valence-corrected chi connectivity index (χ4v) is 2.75. The predicted octanol–water partition coefficient (Wildman–Crippen LogP) is 3.92. The number of nitrogens with zero attached hydrogens (tertiary/aromatic N) is 1. The molecule has 0 aromatic rings. The molecule has 1 aliphatic rings. The molecule has 110 valence electrons. The SMILES string of the molecule is CCCCOCN(C(=O)CCl)C1=C(C)CCCC1C. The number of rotatable bonds is 7. The quantitative estimate of drug-likeness (QED) is 0.403. The molecule has 0 heterocycles. The van der Waals surface area contributed by atoms with Crippen LogP contribution in [0.5, 0.6) is 0 Å². The van der Waals surface area contributed by atoms with Gasteiger partial charge >= 0.3 is 0 Å². The summed E-state index contributed by atoms with van der Waals surface area (Å²) >= 11 is 5.73. The van der Waals surface area contributed by atoms with E-state index in [2.05, 4.69) is 20.8 Å². The van der Waals surface area contributed by atoms with Crippen molar-refractivity contribution in [3.63, 3.8) is 0 Å². The fourth-order valence-electron chi connectivity index (χ4n) is 2.61. The second kappa shape index (κ2) is 8.60. The van der Waals surface area contributed by atoms with Gasteiger partial charge in [-0.1, -0.05) is 25.8 Å². The normalized spacial score (nSPS) is 19.7. The van der Waals surface area contributed by atoms with Crippen LogP contribution in [0.3, 0.4) is 0 Å². The fraction of sp³-hybridized carbons (Fsp3) is 0.800. The smallest absolute Gasteiger partial charge is 0.243 e. The zero-order valence-electron chi connectivity index (χ0n) is 12.4. The molecule has 1 unspecified atom stereocenters. The Balaban J connectivity index is 2.75. The van der Waals surface area contributed by atoms with Crippen molar-refractivity contribution in [2.45, 2.75) is 52.9 Å². The first-order chi connectivity index (χ1) is 9.11. The molecule has 0 bridgehead atoms. The van der Waals surface area contributed by atoms with Gasteiger partial charge in [0.2, 0.25) is 5.91 Å². The van der Waals surface area contributed by atoms with Crippen molar-refractivity contribution in [2.24, 2.45) is 5.92 Å². The van der Waals surface area contributed by atoms with Gasteiger partial charge in [-0.05, 0) is 38.5 Å². The molecule has 0 aliphatic heterocycles. The standard InChI is InChI=1S/C15H26ClNO2/c1-4-5-9-19-11-17(14(18)10-16)15-12(2)7-6-8-13(15)3/h12H,4-11H2,1-3H3. The summed E-state index contributed by atoms with van der Waals surface area (Å²) in [5.74, 6) is 0.373. The first kappa shape index (κ1) is 16.5. The van der Waals surface area contributed by atoms with Crippen LogP contribution in [0.25, 0.3) is 0 Å². The Hall–Kier alpha value is -0.540. The van der Waals surface area contributed by atoms with Crippen LogP contribution in [0, 0.1) is 5.92 Å². The number of carbonyl (C=O) groups is 1. The molecule has 0 saturated carbocycles. The van der Waals surface area contributed by atoms with E-state index >= 15 is 0 Å². The number of carbonyl (C=O) groups excluding carboxylic acids is 1. The lowest BCUT2D eigenvalue weighted by Gasteiger charge is -2.33. The largest absolute Gasteiger partial charge is 0.361 e. The summed E-state index contributed by atoms with van der Waals surface area (Å²) in [6.07, 6.45) is 5.53. The number of hydrogen-bond donors (Lipinski definition) is 0. The number of amides is 1. The van der Waals surface area contributed by atoms with Crippen molar-refractivity contribution in [3.05, 3.63) is 11.3 Å². The van der Waals surface area contributed by atoms with E-state index in [1.54, 1.807) is 4.90 Å². The average Bonchev–Trinajstić information content (AvgIpc) is 2.40. The van der Waals surface area contributed by atoms with Gasteiger partial charge in [0.25, 0.3) is 0 Å². The molecule has 1 rings (SSSR count). The van der Waals surface area contributed by atoms with Crippen molar-refractivity contribution >= 4 is 17.5 Å². The van der Waals surface area contributed by atoms with Gasteiger partial charge in [0.1, 0.15) is 12.6 Å². The van der Waals surface area contributed by atoms with Crippen LogP contribution < -0.4 is 0 Å². The van der Waals surface area contributed by atoms with Crippen molar-refractivity contribution in [1.29, 1.82) is 0 Å². The number of alkyl halides is 1. The molecule has 0 aromatic heterocycles. The minimum absolute atomic E-state index is 0.0145. The summed E-state index contributed by atoms with van der Waals surface area (Å²) in [4.78, 5) is 13.8. The van der Waals surface area contributed by atoms with Crippen LogP contribution in [0.4, 0.5) is 0 Å². The third kappa shape index (κ3) is 4.81. The monoisotopic (exact) mass is 287 g/mol. The molecule has 0 aromatic carbocycles. The van der Waals surface area contributed by atoms with Gasteiger partial charge in [-0.25, -0.2) is 0 Å². The number of halogens is 1. The van der Waals surface area contributed by atoms with E-state index in [1.165, 1.54) is 12.0 Å². The van der Waals surface area contributed by atoms with Crippen molar-refractivity contribution in [1.82, 2.24) is 4.90 Å². The maximum atomic E-state index is 12.0. The van der Waals surface area contributed by atoms with Crippen LogP contribution in [0.2, 0.25) is 0 Å². The molecule has 0 spiro atoms. The number of unbranched alkanes of at least 4 members (excludes halogenated alkanes) is 1. The highest BCUT2D eigenvalue weighted by atomic mass is 35.5. The van der Waals surface area contributed by atoms with Crippen LogP contribution >= 0.6 is 11.6 Å². The second-order valence-corrected chi connectivity index (χ2v) is 5.57. The zero-order valence-corrected chi connectivity index (χ0v) is 13.1. The number of allylic oxidation sites excluding steroid dienone is 2. The zero-order chi connectivity index (χ0) is 14.3. The molecule has 19 heavy (non-hydrogen) atoms. The lowest BCUT2D eigenvalue weighted by atomic mass is 9.88. The molecule has 0 radical (unpaired) electrons. The van der Waals surface area contributed by atoms with Gasteiger partial charge in [-0.3, -0.25) is 9.69 Å². The highest BCUT2D eigenvalue weighted by Crippen LogP contribution is 2.32. The minimum Gasteiger partial charge on any atom is -0.361 e. The van der Waals surface area contributed by atoms with Crippen molar-refractivity contribution in [3.8, 4) is 0 Å². The lowest BCUT2D eigenvalue weighted by molar-refractivity contribution is -0.132. The van der Waals surface area contributed by atoms with E-state index in [0.717, 1.165) is 31.4 Å². The third-order valence-electron chi connectivity index (χ3n) is 3.66. The molecule has 0 N–H and O–H groups in total. The maximum absolute atomic E-state index is 12.0. The Morgan fingerprint density at radius 3 is 2.84 bits per heavy atom. The first-order valence-electron chi connectivity index (χ1n) is 7.25. The third-order valence-corrected chi connectivity index (χ3v) is 3.89. The number of hydrogen-bond acceptors (Lipinski definition) is 2. The molecule has 0 fully saturated rings. The molecule has 1 atom stereocenters.